The second-order valence-electron chi connectivity index (χ2n) is 10.3. The molecule has 0 unspecified atom stereocenters. The summed E-state index contributed by atoms with van der Waals surface area (Å²) in [6.07, 6.45) is 0. The molecular weight excluding hydrogens is 821 g/mol. The maximum absolute atomic E-state index is 12.7. The number of ether oxygens (including phenoxy) is 1. The van der Waals surface area contributed by atoms with Crippen LogP contribution in [0.3, 0.4) is 0 Å². The number of nitrogens with two attached hydrogens (primary N) is 1. The molecule has 0 aliphatic carbocycles. The van der Waals surface area contributed by atoms with Crippen molar-refractivity contribution in [2.24, 2.45) is 20.5 Å². The van der Waals surface area contributed by atoms with Crippen molar-refractivity contribution >= 4 is 105 Å². The van der Waals surface area contributed by atoms with Gasteiger partial charge in [0, 0.05) is 22.9 Å². The molecule has 0 aliphatic rings. The van der Waals surface area contributed by atoms with Gasteiger partial charge in [0.1, 0.15) is 38.3 Å². The summed E-state index contributed by atoms with van der Waals surface area (Å²) in [7, 11) is -11.4. The predicted molar refractivity (Wildman–Crippen MR) is 194 cm³/mol. The number of sulfone groups is 1. The number of phenols is 1. The SMILES string of the molecule is CNCCS(=O)(=O)c1ccc(N=Nc2c(N)ccc3c(O)c(N=Nc4cc(C(=S)C(=O)OS(=O)(=O)O)ccc4OC)c(SOOO)cc23)c(S(=O)(=O)O)c1. The van der Waals surface area contributed by atoms with E-state index in [0.29, 0.717) is 12.0 Å². The van der Waals surface area contributed by atoms with Crippen molar-refractivity contribution in [3.8, 4) is 11.5 Å². The highest BCUT2D eigenvalue weighted by Crippen LogP contribution is 2.48. The monoisotopic (exact) mass is 846 g/mol. The number of nitrogen functional groups attached to an aromatic ring is 1. The number of hydrogen-bond acceptors (Lipinski definition) is 21. The number of carbonyl (C=O) groups is 1. The number of nitrogens with one attached hydrogen (secondary N) is 1. The van der Waals surface area contributed by atoms with Gasteiger partial charge in [0.25, 0.3) is 10.1 Å². The van der Waals surface area contributed by atoms with Gasteiger partial charge in [-0.3, -0.25) is 9.11 Å². The Morgan fingerprint density at radius 2 is 1.59 bits per heavy atom. The number of carbonyl (C=O) groups excluding carboxylic acids is 1. The molecule has 54 heavy (non-hydrogen) atoms. The van der Waals surface area contributed by atoms with E-state index in [1.165, 1.54) is 44.5 Å². The Kier molecular flexibility index (Phi) is 13.3. The van der Waals surface area contributed by atoms with E-state index in [9.17, 15) is 39.7 Å². The van der Waals surface area contributed by atoms with Crippen molar-refractivity contribution in [1.29, 1.82) is 0 Å². The Balaban J connectivity index is 1.84. The predicted octanol–water partition coefficient (Wildman–Crippen LogP) is 4.70. The minimum absolute atomic E-state index is 0.0113. The van der Waals surface area contributed by atoms with Gasteiger partial charge in [0.2, 0.25) is 0 Å². The van der Waals surface area contributed by atoms with Gasteiger partial charge >= 0.3 is 16.4 Å². The van der Waals surface area contributed by atoms with Crippen LogP contribution >= 0.6 is 24.3 Å². The van der Waals surface area contributed by atoms with E-state index < -0.39 is 62.4 Å². The molecule has 0 heterocycles. The lowest BCUT2D eigenvalue weighted by Gasteiger charge is -2.12. The molecule has 0 amide bonds. The number of anilines is 1. The zero-order valence-corrected chi connectivity index (χ0v) is 31.4. The van der Waals surface area contributed by atoms with Crippen molar-refractivity contribution in [3.63, 3.8) is 0 Å². The summed E-state index contributed by atoms with van der Waals surface area (Å²) in [5, 5.41) is 42.7. The van der Waals surface area contributed by atoms with Gasteiger partial charge in [-0.15, -0.1) is 24.8 Å². The zero-order chi connectivity index (χ0) is 40.0. The molecule has 0 radical (unpaired) electrons. The highest BCUT2D eigenvalue weighted by Gasteiger charge is 2.24. The molecule has 7 N–H and O–H groups in total. The fourth-order valence-corrected chi connectivity index (χ4v) is 7.43. The number of thiocarbonyl (C=S) groups is 1. The minimum atomic E-state index is -5.17. The molecule has 0 saturated heterocycles. The van der Waals surface area contributed by atoms with E-state index in [1.54, 1.807) is 0 Å². The molecule has 4 aromatic carbocycles. The van der Waals surface area contributed by atoms with Crippen LogP contribution in [0, 0.1) is 0 Å². The summed E-state index contributed by atoms with van der Waals surface area (Å²) in [5.41, 5.74) is 4.94. The lowest BCUT2D eigenvalue weighted by molar-refractivity contribution is -0.432. The maximum Gasteiger partial charge on any atom is 0.449 e. The summed E-state index contributed by atoms with van der Waals surface area (Å²) >= 11 is 5.27. The van der Waals surface area contributed by atoms with Gasteiger partial charge in [0.05, 0.1) is 40.4 Å². The van der Waals surface area contributed by atoms with Crippen LogP contribution in [0.15, 0.2) is 89.7 Å². The number of methoxy groups -OCH3 is 1. The summed E-state index contributed by atoms with van der Waals surface area (Å²) in [5.74, 6) is -2.48. The number of nitrogens with zero attached hydrogens (tertiary/aromatic N) is 4. The third-order valence-corrected chi connectivity index (χ3v) is 10.9. The number of rotatable bonds is 16. The fourth-order valence-electron chi connectivity index (χ4n) is 4.44. The Bertz CT molecular complexity index is 2530. The van der Waals surface area contributed by atoms with Crippen molar-refractivity contribution in [2.75, 3.05) is 32.2 Å². The highest BCUT2D eigenvalue weighted by atomic mass is 32.3. The third kappa shape index (κ3) is 10.1. The first-order valence-corrected chi connectivity index (χ1v) is 19.9. The quantitative estimate of drug-likeness (QED) is 0.0130. The van der Waals surface area contributed by atoms with Crippen LogP contribution in [0.2, 0.25) is 0 Å². The van der Waals surface area contributed by atoms with Gasteiger partial charge in [-0.2, -0.15) is 16.8 Å². The molecule has 26 heteroatoms. The first-order valence-electron chi connectivity index (χ1n) is 14.3. The second-order valence-corrected chi connectivity index (χ2v) is 16.0. The number of aromatic hydroxyl groups is 1. The van der Waals surface area contributed by atoms with Crippen molar-refractivity contribution < 1.29 is 67.8 Å². The van der Waals surface area contributed by atoms with Gasteiger partial charge in [-0.1, -0.05) is 17.3 Å². The lowest BCUT2D eigenvalue weighted by Crippen LogP contribution is -2.20. The number of phenolic OH excluding ortho intramolecular Hbond substituents is 1. The number of fused-ring (bicyclic) bond motifs is 1. The summed E-state index contributed by atoms with van der Waals surface area (Å²) < 4.78 is 104. The molecule has 0 bridgehead atoms. The van der Waals surface area contributed by atoms with Gasteiger partial charge in [-0.25, -0.2) is 18.5 Å². The van der Waals surface area contributed by atoms with E-state index in [-0.39, 0.29) is 62.0 Å². The van der Waals surface area contributed by atoms with Crippen LogP contribution in [0.5, 0.6) is 11.5 Å². The highest BCUT2D eigenvalue weighted by molar-refractivity contribution is 7.94. The molecule has 0 aliphatic heterocycles. The summed E-state index contributed by atoms with van der Waals surface area (Å²) in [6.45, 7) is 0.0625. The molecule has 4 rings (SSSR count). The Morgan fingerprint density at radius 3 is 2.22 bits per heavy atom. The van der Waals surface area contributed by atoms with Gasteiger partial charge < -0.3 is 25.1 Å². The molecule has 0 aromatic heterocycles. The number of hydrogen-bond donors (Lipinski definition) is 6. The van der Waals surface area contributed by atoms with Crippen LogP contribution in [-0.2, 0) is 48.7 Å². The standard InChI is InChI=1S/C28H26N6O15S5/c1-30-9-10-52(38,39)15-4-7-19(23(12-15)53(40,41)42)31-33-24-17-13-22(51-49-48-37)25(26(35)16(17)5-6-18(24)29)34-32-20-11-14(3-8-21(20)46-2)27(50)28(36)47-54(43,44)45/h3-8,11-13,30,35,37H,9-10,29H2,1-2H3,(H,40,41,42)(H,43,44,45). The number of benzene rings is 4. The average molecular weight is 847 g/mol. The Labute approximate surface area is 315 Å². The largest absolute Gasteiger partial charge is 0.505 e. The molecule has 21 nitrogen and oxygen atoms in total. The minimum Gasteiger partial charge on any atom is -0.505 e. The van der Waals surface area contributed by atoms with Crippen LogP contribution in [0.4, 0.5) is 28.4 Å². The summed E-state index contributed by atoms with van der Waals surface area (Å²) in [4.78, 5) is 10.0. The van der Waals surface area contributed by atoms with Gasteiger partial charge in [0.15, 0.2) is 15.6 Å². The van der Waals surface area contributed by atoms with Gasteiger partial charge in [-0.05, 0) is 61.6 Å². The average Bonchev–Trinajstić information content (AvgIpc) is 3.10. The molecule has 0 spiro atoms. The topological polar surface area (TPSA) is 325 Å². The Morgan fingerprint density at radius 1 is 0.907 bits per heavy atom. The first-order chi connectivity index (χ1) is 25.3. The van der Waals surface area contributed by atoms with E-state index in [4.69, 9.17) is 32.5 Å². The molecule has 0 fully saturated rings. The summed E-state index contributed by atoms with van der Waals surface area (Å²) in [6, 6.07) is 10.5. The third-order valence-electron chi connectivity index (χ3n) is 6.90. The van der Waals surface area contributed by atoms with Crippen LogP contribution in [0.1, 0.15) is 5.56 Å². The lowest BCUT2D eigenvalue weighted by atomic mass is 10.1. The number of azo groups is 2. The first kappa shape index (κ1) is 42.0. The fraction of sp³-hybridized carbons (Fsp3) is 0.143. The van der Waals surface area contributed by atoms with E-state index in [2.05, 4.69) is 39.3 Å². The van der Waals surface area contributed by atoms with Crippen molar-refractivity contribution in [2.45, 2.75) is 14.7 Å². The normalized spacial score (nSPS) is 12.5. The maximum atomic E-state index is 12.7. The Hall–Kier alpha value is -4.74. The molecule has 288 valence electrons. The van der Waals surface area contributed by atoms with Crippen LogP contribution in [0.25, 0.3) is 10.8 Å². The van der Waals surface area contributed by atoms with Crippen LogP contribution in [-0.4, -0.2) is 82.0 Å². The second kappa shape index (κ2) is 17.2. The zero-order valence-electron chi connectivity index (χ0n) is 27.3. The molecule has 0 saturated carbocycles. The molecule has 4 aromatic rings. The van der Waals surface area contributed by atoms with Crippen molar-refractivity contribution in [1.82, 2.24) is 5.32 Å². The van der Waals surface area contributed by atoms with E-state index in [1.807, 2.05) is 0 Å². The van der Waals surface area contributed by atoms with Crippen LogP contribution < -0.4 is 15.8 Å². The molecular formula is C28H26N6O15S5. The molecule has 0 atom stereocenters. The van der Waals surface area contributed by atoms with E-state index in [0.717, 1.165) is 24.3 Å². The van der Waals surface area contributed by atoms with E-state index >= 15 is 0 Å². The van der Waals surface area contributed by atoms with Crippen molar-refractivity contribution in [3.05, 3.63) is 60.2 Å². The smallest absolute Gasteiger partial charge is 0.449 e.